The zero-order valence-corrected chi connectivity index (χ0v) is 17.3. The summed E-state index contributed by atoms with van der Waals surface area (Å²) in [5.41, 5.74) is 3.30. The van der Waals surface area contributed by atoms with Crippen LogP contribution in [-0.4, -0.2) is 42.1 Å². The summed E-state index contributed by atoms with van der Waals surface area (Å²) in [6.07, 6.45) is 1.14. The third kappa shape index (κ3) is 4.32. The summed E-state index contributed by atoms with van der Waals surface area (Å²) in [5, 5.41) is 0.398. The predicted octanol–water partition coefficient (Wildman–Crippen LogP) is 4.19. The molecule has 2 aliphatic rings. The first-order valence-electron chi connectivity index (χ1n) is 10.0. The minimum atomic E-state index is -0.335. The van der Waals surface area contributed by atoms with E-state index in [0.717, 1.165) is 12.2 Å². The smallest absolute Gasteiger partial charge is 0.228 e. The van der Waals surface area contributed by atoms with Crippen molar-refractivity contribution in [3.05, 3.63) is 65.5 Å². The van der Waals surface area contributed by atoms with Crippen LogP contribution in [0.1, 0.15) is 29.2 Å². The number of carbonyl (C=O) groups is 2. The molecule has 2 amide bonds. The molecule has 152 valence electrons. The van der Waals surface area contributed by atoms with Crippen molar-refractivity contribution in [2.24, 2.45) is 5.92 Å². The molecule has 4 nitrogen and oxygen atoms in total. The predicted molar refractivity (Wildman–Crippen MR) is 114 cm³/mol. The van der Waals surface area contributed by atoms with Crippen LogP contribution in [-0.2, 0) is 9.59 Å². The molecule has 0 aromatic heterocycles. The Balaban J connectivity index is 1.40. The van der Waals surface area contributed by atoms with Gasteiger partial charge in [0.1, 0.15) is 5.82 Å². The van der Waals surface area contributed by atoms with Crippen molar-refractivity contribution in [1.82, 2.24) is 4.90 Å². The topological polar surface area (TPSA) is 40.6 Å². The lowest BCUT2D eigenvalue weighted by atomic mass is 10.0. The van der Waals surface area contributed by atoms with Crippen LogP contribution in [0.2, 0.25) is 0 Å². The summed E-state index contributed by atoms with van der Waals surface area (Å²) in [5.74, 6) is 0.226. The summed E-state index contributed by atoms with van der Waals surface area (Å²) < 4.78 is 13.2. The molecule has 2 fully saturated rings. The van der Waals surface area contributed by atoms with Gasteiger partial charge in [0.05, 0.1) is 5.92 Å². The summed E-state index contributed by atoms with van der Waals surface area (Å²) in [6, 6.07) is 14.3. The van der Waals surface area contributed by atoms with Crippen molar-refractivity contribution in [1.29, 1.82) is 0 Å². The first-order chi connectivity index (χ1) is 14.0. The van der Waals surface area contributed by atoms with Crippen LogP contribution < -0.4 is 4.90 Å². The third-order valence-electron chi connectivity index (χ3n) is 5.80. The van der Waals surface area contributed by atoms with Gasteiger partial charge in [0, 0.05) is 42.7 Å². The van der Waals surface area contributed by atoms with Crippen LogP contribution in [0.15, 0.2) is 48.5 Å². The van der Waals surface area contributed by atoms with E-state index in [-0.39, 0.29) is 30.0 Å². The Morgan fingerprint density at radius 3 is 2.62 bits per heavy atom. The van der Waals surface area contributed by atoms with E-state index in [2.05, 4.69) is 31.2 Å². The van der Waals surface area contributed by atoms with Gasteiger partial charge in [-0.15, -0.1) is 0 Å². The first kappa shape index (κ1) is 20.0. The molecule has 29 heavy (non-hydrogen) atoms. The quantitative estimate of drug-likeness (QED) is 0.759. The monoisotopic (exact) mass is 412 g/mol. The number of carbonyl (C=O) groups excluding carboxylic acids is 2. The number of hydrogen-bond donors (Lipinski definition) is 0. The van der Waals surface area contributed by atoms with Gasteiger partial charge in [0.15, 0.2) is 0 Å². The minimum absolute atomic E-state index is 0.0639. The summed E-state index contributed by atoms with van der Waals surface area (Å²) in [4.78, 5) is 29.1. The van der Waals surface area contributed by atoms with Gasteiger partial charge in [0.2, 0.25) is 11.8 Å². The zero-order chi connectivity index (χ0) is 20.4. The molecule has 2 saturated heterocycles. The number of nitrogens with zero attached hydrogens (tertiary/aromatic N) is 2. The van der Waals surface area contributed by atoms with Crippen LogP contribution in [0.3, 0.4) is 0 Å². The Hall–Kier alpha value is -2.34. The second-order valence-corrected chi connectivity index (χ2v) is 9.02. The molecule has 0 radical (unpaired) electrons. The SMILES string of the molecule is Cc1ccccc1C1CCN(C(=O)C2CC(=O)N(c3ccc(F)cc3)C2)CCS1. The number of aryl methyl sites for hydroxylation is 1. The third-order valence-corrected chi connectivity index (χ3v) is 7.11. The van der Waals surface area contributed by atoms with E-state index < -0.39 is 0 Å². The van der Waals surface area contributed by atoms with Crippen molar-refractivity contribution in [2.75, 3.05) is 30.3 Å². The Kier molecular flexibility index (Phi) is 5.90. The van der Waals surface area contributed by atoms with Crippen LogP contribution in [0.25, 0.3) is 0 Å². The molecular weight excluding hydrogens is 387 g/mol. The largest absolute Gasteiger partial charge is 0.342 e. The highest BCUT2D eigenvalue weighted by Crippen LogP contribution is 2.36. The fraction of sp³-hybridized carbons (Fsp3) is 0.391. The Labute approximate surface area is 175 Å². The average molecular weight is 413 g/mol. The van der Waals surface area contributed by atoms with Crippen molar-refractivity contribution < 1.29 is 14.0 Å². The molecule has 0 aliphatic carbocycles. The second-order valence-electron chi connectivity index (χ2n) is 7.71. The maximum atomic E-state index is 13.2. The van der Waals surface area contributed by atoms with Crippen LogP contribution >= 0.6 is 11.8 Å². The number of hydrogen-bond acceptors (Lipinski definition) is 3. The molecule has 0 N–H and O–H groups in total. The molecule has 2 aromatic carbocycles. The fourth-order valence-corrected chi connectivity index (χ4v) is 5.52. The van der Waals surface area contributed by atoms with Gasteiger partial charge in [-0.3, -0.25) is 9.59 Å². The summed E-state index contributed by atoms with van der Waals surface area (Å²) in [6.45, 7) is 3.94. The van der Waals surface area contributed by atoms with E-state index in [4.69, 9.17) is 0 Å². The normalized spacial score (nSPS) is 22.6. The van der Waals surface area contributed by atoms with Crippen LogP contribution in [0.5, 0.6) is 0 Å². The van der Waals surface area contributed by atoms with Gasteiger partial charge < -0.3 is 9.80 Å². The van der Waals surface area contributed by atoms with Crippen molar-refractivity contribution in [3.8, 4) is 0 Å². The molecule has 2 aliphatic heterocycles. The van der Waals surface area contributed by atoms with E-state index in [9.17, 15) is 14.0 Å². The number of halogens is 1. The van der Waals surface area contributed by atoms with Crippen LogP contribution in [0, 0.1) is 18.7 Å². The highest BCUT2D eigenvalue weighted by atomic mass is 32.2. The van der Waals surface area contributed by atoms with Crippen molar-refractivity contribution >= 4 is 29.3 Å². The lowest BCUT2D eigenvalue weighted by Gasteiger charge is -2.24. The van der Waals surface area contributed by atoms with E-state index in [1.165, 1.54) is 23.3 Å². The van der Waals surface area contributed by atoms with Gasteiger partial charge >= 0.3 is 0 Å². The van der Waals surface area contributed by atoms with Crippen molar-refractivity contribution in [2.45, 2.75) is 25.0 Å². The Morgan fingerprint density at radius 2 is 1.86 bits per heavy atom. The lowest BCUT2D eigenvalue weighted by Crippen LogP contribution is -2.38. The first-order valence-corrected chi connectivity index (χ1v) is 11.1. The Bertz CT molecular complexity index is 902. The maximum Gasteiger partial charge on any atom is 0.228 e. The molecule has 0 bridgehead atoms. The molecule has 0 spiro atoms. The summed E-state index contributed by atoms with van der Waals surface area (Å²) >= 11 is 1.91. The summed E-state index contributed by atoms with van der Waals surface area (Å²) in [7, 11) is 0. The molecule has 4 rings (SSSR count). The fourth-order valence-electron chi connectivity index (χ4n) is 4.19. The van der Waals surface area contributed by atoms with E-state index in [0.29, 0.717) is 30.6 Å². The van der Waals surface area contributed by atoms with Gasteiger partial charge in [-0.2, -0.15) is 11.8 Å². The number of anilines is 1. The molecule has 0 saturated carbocycles. The van der Waals surface area contributed by atoms with Gasteiger partial charge in [-0.25, -0.2) is 4.39 Å². The highest BCUT2D eigenvalue weighted by molar-refractivity contribution is 7.99. The number of thioether (sulfide) groups is 1. The molecule has 2 unspecified atom stereocenters. The maximum absolute atomic E-state index is 13.2. The highest BCUT2D eigenvalue weighted by Gasteiger charge is 2.37. The van der Waals surface area contributed by atoms with Gasteiger partial charge in [-0.05, 0) is 48.7 Å². The lowest BCUT2D eigenvalue weighted by molar-refractivity contribution is -0.135. The van der Waals surface area contributed by atoms with E-state index in [1.54, 1.807) is 17.0 Å². The minimum Gasteiger partial charge on any atom is -0.342 e. The Morgan fingerprint density at radius 1 is 1.10 bits per heavy atom. The van der Waals surface area contributed by atoms with Gasteiger partial charge in [0.25, 0.3) is 0 Å². The standard InChI is InChI=1S/C23H25FN2O2S/c1-16-4-2-3-5-20(16)21-10-11-25(12-13-29-21)23(28)17-14-22(27)26(15-17)19-8-6-18(24)7-9-19/h2-9,17,21H,10-15H2,1H3. The number of amides is 2. The second kappa shape index (κ2) is 8.57. The number of rotatable bonds is 3. The number of benzene rings is 2. The molecular formula is C23H25FN2O2S. The van der Waals surface area contributed by atoms with E-state index in [1.807, 2.05) is 16.7 Å². The zero-order valence-electron chi connectivity index (χ0n) is 16.5. The van der Waals surface area contributed by atoms with Crippen molar-refractivity contribution in [3.63, 3.8) is 0 Å². The van der Waals surface area contributed by atoms with E-state index >= 15 is 0 Å². The van der Waals surface area contributed by atoms with Crippen LogP contribution in [0.4, 0.5) is 10.1 Å². The molecule has 6 heteroatoms. The molecule has 2 aromatic rings. The van der Waals surface area contributed by atoms with Gasteiger partial charge in [-0.1, -0.05) is 24.3 Å². The molecule has 2 atom stereocenters. The molecule has 2 heterocycles. The average Bonchev–Trinajstić information content (AvgIpc) is 2.95.